The fourth-order valence-electron chi connectivity index (χ4n) is 2.08. The van der Waals surface area contributed by atoms with Crippen molar-refractivity contribution in [2.45, 2.75) is 24.5 Å². The number of hydrogen-bond donors (Lipinski definition) is 0. The van der Waals surface area contributed by atoms with Crippen LogP contribution in [-0.4, -0.2) is 6.29 Å². The fraction of sp³-hybridized carbons (Fsp3) is 0.188. The smallest absolute Gasteiger partial charge is 0.151 e. The predicted molar refractivity (Wildman–Crippen MR) is 82.3 cm³/mol. The topological polar surface area (TPSA) is 17.1 Å². The van der Waals surface area contributed by atoms with Crippen molar-refractivity contribution in [3.63, 3.8) is 0 Å². The first kappa shape index (κ1) is 14.2. The largest absolute Gasteiger partial charge is 0.298 e. The van der Waals surface area contributed by atoms with Gasteiger partial charge in [-0.2, -0.15) is 0 Å². The molecule has 0 aliphatic heterocycles. The van der Waals surface area contributed by atoms with E-state index < -0.39 is 0 Å². The molecule has 2 aromatic rings. The maximum absolute atomic E-state index is 11.0. The van der Waals surface area contributed by atoms with E-state index in [4.69, 9.17) is 11.6 Å². The summed E-state index contributed by atoms with van der Waals surface area (Å²) >= 11 is 7.76. The molecule has 0 amide bonds. The molecule has 2 rings (SSSR count). The summed E-state index contributed by atoms with van der Waals surface area (Å²) in [6.07, 6.45) is 0.857. The second-order valence-electron chi connectivity index (χ2n) is 4.56. The van der Waals surface area contributed by atoms with E-state index in [0.717, 1.165) is 16.9 Å². The van der Waals surface area contributed by atoms with Crippen molar-refractivity contribution >= 4 is 29.6 Å². The van der Waals surface area contributed by atoms with Gasteiger partial charge in [0.05, 0.1) is 5.02 Å². The Bertz CT molecular complexity index is 587. The molecule has 1 nitrogen and oxygen atoms in total. The summed E-state index contributed by atoms with van der Waals surface area (Å²) < 4.78 is 0. The van der Waals surface area contributed by atoms with Crippen molar-refractivity contribution < 1.29 is 4.79 Å². The van der Waals surface area contributed by atoms with Gasteiger partial charge in [0.15, 0.2) is 6.29 Å². The van der Waals surface area contributed by atoms with Gasteiger partial charge in [-0.1, -0.05) is 53.1 Å². The Labute approximate surface area is 123 Å². The van der Waals surface area contributed by atoms with E-state index in [1.807, 2.05) is 6.07 Å². The highest BCUT2D eigenvalue weighted by atomic mass is 35.5. The standard InChI is InChI=1S/C16H15ClOS/c1-11-6-12(2)8-13(7-11)10-19-16-14(9-18)4-3-5-15(16)17/h3-9H,10H2,1-2H3. The highest BCUT2D eigenvalue weighted by Gasteiger charge is 2.07. The summed E-state index contributed by atoms with van der Waals surface area (Å²) in [6.45, 7) is 4.18. The summed E-state index contributed by atoms with van der Waals surface area (Å²) in [5.41, 5.74) is 4.41. The van der Waals surface area contributed by atoms with Crippen molar-refractivity contribution in [1.29, 1.82) is 0 Å². The first-order valence-electron chi connectivity index (χ1n) is 6.04. The molecule has 0 heterocycles. The van der Waals surface area contributed by atoms with Crippen LogP contribution in [0.4, 0.5) is 0 Å². The molecule has 0 saturated heterocycles. The van der Waals surface area contributed by atoms with Crippen molar-refractivity contribution in [1.82, 2.24) is 0 Å². The zero-order valence-corrected chi connectivity index (χ0v) is 12.5. The van der Waals surface area contributed by atoms with Crippen molar-refractivity contribution in [3.8, 4) is 0 Å². The first-order valence-corrected chi connectivity index (χ1v) is 7.40. The molecule has 3 heteroatoms. The molecule has 98 valence electrons. The molecular formula is C16H15ClOS. The number of aryl methyl sites for hydroxylation is 2. The number of hydrogen-bond acceptors (Lipinski definition) is 2. The van der Waals surface area contributed by atoms with Crippen LogP contribution >= 0.6 is 23.4 Å². The van der Waals surface area contributed by atoms with Gasteiger partial charge < -0.3 is 0 Å². The van der Waals surface area contributed by atoms with E-state index >= 15 is 0 Å². The molecule has 0 fully saturated rings. The minimum absolute atomic E-state index is 0.638. The van der Waals surface area contributed by atoms with Crippen LogP contribution in [-0.2, 0) is 5.75 Å². The Morgan fingerprint density at radius 3 is 2.47 bits per heavy atom. The summed E-state index contributed by atoms with van der Waals surface area (Å²) in [7, 11) is 0. The molecule has 0 unspecified atom stereocenters. The van der Waals surface area contributed by atoms with Crippen molar-refractivity contribution in [2.24, 2.45) is 0 Å². The maximum atomic E-state index is 11.0. The van der Waals surface area contributed by atoms with Gasteiger partial charge in [0, 0.05) is 16.2 Å². The van der Waals surface area contributed by atoms with Crippen LogP contribution in [0.1, 0.15) is 27.0 Å². The third-order valence-electron chi connectivity index (χ3n) is 2.79. The van der Waals surface area contributed by atoms with E-state index in [2.05, 4.69) is 32.0 Å². The number of carbonyl (C=O) groups excluding carboxylic acids is 1. The quantitative estimate of drug-likeness (QED) is 0.578. The SMILES string of the molecule is Cc1cc(C)cc(CSc2c(Cl)cccc2C=O)c1. The fourth-order valence-corrected chi connectivity index (χ4v) is 3.39. The normalized spacial score (nSPS) is 10.5. The van der Waals surface area contributed by atoms with Gasteiger partial charge in [0.1, 0.15) is 0 Å². The summed E-state index contributed by atoms with van der Waals surface area (Å²) in [4.78, 5) is 11.9. The van der Waals surface area contributed by atoms with E-state index in [1.165, 1.54) is 16.7 Å². The van der Waals surface area contributed by atoms with Crippen LogP contribution in [0, 0.1) is 13.8 Å². The van der Waals surface area contributed by atoms with Gasteiger partial charge in [0.25, 0.3) is 0 Å². The Balaban J connectivity index is 2.21. The maximum Gasteiger partial charge on any atom is 0.151 e. The Morgan fingerprint density at radius 2 is 1.84 bits per heavy atom. The zero-order valence-electron chi connectivity index (χ0n) is 10.9. The van der Waals surface area contributed by atoms with Crippen LogP contribution in [0.2, 0.25) is 5.02 Å². The van der Waals surface area contributed by atoms with Gasteiger partial charge in [-0.25, -0.2) is 0 Å². The molecule has 0 radical (unpaired) electrons. The van der Waals surface area contributed by atoms with Crippen LogP contribution in [0.3, 0.4) is 0 Å². The van der Waals surface area contributed by atoms with E-state index in [9.17, 15) is 4.79 Å². The summed E-state index contributed by atoms with van der Waals surface area (Å²) in [5.74, 6) is 0.813. The average Bonchev–Trinajstić information content (AvgIpc) is 2.36. The Morgan fingerprint density at radius 1 is 1.16 bits per heavy atom. The van der Waals surface area contributed by atoms with E-state index in [0.29, 0.717) is 10.6 Å². The summed E-state index contributed by atoms with van der Waals surface area (Å²) in [5, 5.41) is 0.638. The third kappa shape index (κ3) is 3.62. The van der Waals surface area contributed by atoms with E-state index in [1.54, 1.807) is 23.9 Å². The Kier molecular flexibility index (Phi) is 4.67. The van der Waals surface area contributed by atoms with Crippen LogP contribution < -0.4 is 0 Å². The molecule has 0 spiro atoms. The molecule has 0 atom stereocenters. The molecule has 19 heavy (non-hydrogen) atoms. The molecule has 0 bridgehead atoms. The number of rotatable bonds is 4. The lowest BCUT2D eigenvalue weighted by Crippen LogP contribution is -1.89. The monoisotopic (exact) mass is 290 g/mol. The van der Waals surface area contributed by atoms with Crippen molar-refractivity contribution in [2.75, 3.05) is 0 Å². The molecule has 0 N–H and O–H groups in total. The predicted octanol–water partition coefficient (Wildman–Crippen LogP) is 5.06. The second kappa shape index (κ2) is 6.27. The second-order valence-corrected chi connectivity index (χ2v) is 5.95. The number of benzene rings is 2. The van der Waals surface area contributed by atoms with Crippen LogP contribution in [0.15, 0.2) is 41.3 Å². The highest BCUT2D eigenvalue weighted by molar-refractivity contribution is 7.98. The van der Waals surface area contributed by atoms with Gasteiger partial charge in [-0.15, -0.1) is 11.8 Å². The summed E-state index contributed by atoms with van der Waals surface area (Å²) in [6, 6.07) is 11.9. The number of carbonyl (C=O) groups is 1. The van der Waals surface area contributed by atoms with E-state index in [-0.39, 0.29) is 0 Å². The lowest BCUT2D eigenvalue weighted by atomic mass is 10.1. The zero-order chi connectivity index (χ0) is 13.8. The minimum Gasteiger partial charge on any atom is -0.298 e. The molecule has 2 aromatic carbocycles. The molecule has 0 aliphatic rings. The van der Waals surface area contributed by atoms with Crippen molar-refractivity contribution in [3.05, 3.63) is 63.7 Å². The minimum atomic E-state index is 0.638. The lowest BCUT2D eigenvalue weighted by Gasteiger charge is -2.08. The van der Waals surface area contributed by atoms with Gasteiger partial charge in [-0.3, -0.25) is 4.79 Å². The number of halogens is 1. The number of thioether (sulfide) groups is 1. The molecule has 0 saturated carbocycles. The van der Waals surface area contributed by atoms with Gasteiger partial charge in [0.2, 0.25) is 0 Å². The van der Waals surface area contributed by atoms with Gasteiger partial charge >= 0.3 is 0 Å². The highest BCUT2D eigenvalue weighted by Crippen LogP contribution is 2.32. The molecule has 0 aromatic heterocycles. The Hall–Kier alpha value is -1.25. The molecular weight excluding hydrogens is 276 g/mol. The lowest BCUT2D eigenvalue weighted by molar-refractivity contribution is 0.112. The van der Waals surface area contributed by atoms with Gasteiger partial charge in [-0.05, 0) is 25.5 Å². The first-order chi connectivity index (χ1) is 9.10. The van der Waals surface area contributed by atoms with Crippen LogP contribution in [0.25, 0.3) is 0 Å². The molecule has 0 aliphatic carbocycles. The van der Waals surface area contributed by atoms with Crippen LogP contribution in [0.5, 0.6) is 0 Å². The number of aldehydes is 1. The average molecular weight is 291 g/mol. The third-order valence-corrected chi connectivity index (χ3v) is 4.44.